The smallest absolute Gasteiger partial charge is 0.437 e. The van der Waals surface area contributed by atoms with Crippen molar-refractivity contribution < 1.29 is 22.7 Å². The fourth-order valence-corrected chi connectivity index (χ4v) is 3.86. The molecule has 1 fully saturated rings. The zero-order valence-electron chi connectivity index (χ0n) is 17.7. The van der Waals surface area contributed by atoms with Crippen LogP contribution in [0.25, 0.3) is 0 Å². The van der Waals surface area contributed by atoms with Crippen LogP contribution in [0.5, 0.6) is 11.5 Å². The van der Waals surface area contributed by atoms with E-state index in [2.05, 4.69) is 20.8 Å². The van der Waals surface area contributed by atoms with E-state index < -0.39 is 35.1 Å². The van der Waals surface area contributed by atoms with Crippen molar-refractivity contribution in [2.45, 2.75) is 31.1 Å². The van der Waals surface area contributed by atoms with Crippen molar-refractivity contribution in [3.8, 4) is 17.6 Å². The van der Waals surface area contributed by atoms with Gasteiger partial charge in [0, 0.05) is 30.0 Å². The number of amides is 1. The standard InChI is InChI=1S/C22H16ClF3N6O3/c23-14-4-12(8-27)5-16(6-14)35-18-19(22(24,25)26)29-11-32(21(18)34)10-15-7-17(20(33)31-30-15)13-2-1-3-28-9-13/h1-6,9,11,15,17,30H,7,10H2,(H,31,33). The highest BCUT2D eigenvalue weighted by Crippen LogP contribution is 2.35. The Balaban J connectivity index is 1.65. The summed E-state index contributed by atoms with van der Waals surface area (Å²) in [7, 11) is 0. The molecule has 2 N–H and O–H groups in total. The Morgan fingerprint density at radius 2 is 2.09 bits per heavy atom. The molecule has 1 amide bonds. The maximum Gasteiger partial charge on any atom is 0.437 e. The van der Waals surface area contributed by atoms with E-state index in [0.717, 1.165) is 17.0 Å². The first-order valence-electron chi connectivity index (χ1n) is 10.2. The number of hydrazine groups is 1. The number of aromatic nitrogens is 3. The minimum Gasteiger partial charge on any atom is -0.449 e. The van der Waals surface area contributed by atoms with Crippen LogP contribution in [0.2, 0.25) is 5.02 Å². The molecule has 0 saturated carbocycles. The summed E-state index contributed by atoms with van der Waals surface area (Å²) >= 11 is 5.90. The third kappa shape index (κ3) is 5.42. The average molecular weight is 505 g/mol. The third-order valence-corrected chi connectivity index (χ3v) is 5.44. The molecule has 2 aromatic heterocycles. The molecule has 1 saturated heterocycles. The first kappa shape index (κ1) is 24.2. The van der Waals surface area contributed by atoms with E-state index in [-0.39, 0.29) is 35.2 Å². The number of nitrogens with one attached hydrogen (secondary N) is 2. The lowest BCUT2D eigenvalue weighted by atomic mass is 9.91. The van der Waals surface area contributed by atoms with Gasteiger partial charge in [-0.15, -0.1) is 0 Å². The Morgan fingerprint density at radius 3 is 2.77 bits per heavy atom. The van der Waals surface area contributed by atoms with Gasteiger partial charge in [0.05, 0.1) is 23.9 Å². The highest BCUT2D eigenvalue weighted by atomic mass is 35.5. The molecule has 0 aliphatic carbocycles. The van der Waals surface area contributed by atoms with Gasteiger partial charge < -0.3 is 4.74 Å². The number of rotatable bonds is 5. The minimum absolute atomic E-state index is 0.0360. The average Bonchev–Trinajstić information content (AvgIpc) is 2.82. The molecule has 2 atom stereocenters. The maximum absolute atomic E-state index is 13.6. The number of carbonyl (C=O) groups is 1. The number of ether oxygens (including phenoxy) is 1. The van der Waals surface area contributed by atoms with Gasteiger partial charge in [-0.25, -0.2) is 10.4 Å². The van der Waals surface area contributed by atoms with Gasteiger partial charge in [0.15, 0.2) is 5.69 Å². The van der Waals surface area contributed by atoms with Crippen molar-refractivity contribution in [2.75, 3.05) is 0 Å². The summed E-state index contributed by atoms with van der Waals surface area (Å²) in [6, 6.07) is 8.33. The number of nitriles is 1. The van der Waals surface area contributed by atoms with Crippen LogP contribution in [0.4, 0.5) is 13.2 Å². The molecule has 1 aliphatic rings. The highest BCUT2D eigenvalue weighted by molar-refractivity contribution is 6.30. The summed E-state index contributed by atoms with van der Waals surface area (Å²) in [5.74, 6) is -2.16. The lowest BCUT2D eigenvalue weighted by Gasteiger charge is -2.30. The van der Waals surface area contributed by atoms with Gasteiger partial charge in [0.1, 0.15) is 5.75 Å². The molecule has 2 unspecified atom stereocenters. The summed E-state index contributed by atoms with van der Waals surface area (Å²) < 4.78 is 47.0. The van der Waals surface area contributed by atoms with Gasteiger partial charge in [-0.3, -0.25) is 24.6 Å². The Hall–Kier alpha value is -3.95. The Morgan fingerprint density at radius 1 is 1.29 bits per heavy atom. The van der Waals surface area contributed by atoms with Crippen LogP contribution in [0, 0.1) is 11.3 Å². The quantitative estimate of drug-likeness (QED) is 0.547. The largest absolute Gasteiger partial charge is 0.449 e. The predicted octanol–water partition coefficient (Wildman–Crippen LogP) is 3.15. The maximum atomic E-state index is 13.6. The summed E-state index contributed by atoms with van der Waals surface area (Å²) in [4.78, 5) is 32.8. The van der Waals surface area contributed by atoms with Crippen LogP contribution in [0.3, 0.4) is 0 Å². The predicted molar refractivity (Wildman–Crippen MR) is 116 cm³/mol. The van der Waals surface area contributed by atoms with Gasteiger partial charge >= 0.3 is 6.18 Å². The topological polar surface area (TPSA) is 122 Å². The summed E-state index contributed by atoms with van der Waals surface area (Å²) in [5, 5.41) is 9.12. The molecule has 3 aromatic rings. The van der Waals surface area contributed by atoms with Crippen molar-refractivity contribution >= 4 is 17.5 Å². The molecule has 1 aliphatic heterocycles. The summed E-state index contributed by atoms with van der Waals surface area (Å²) in [6.07, 6.45) is -0.846. The zero-order chi connectivity index (χ0) is 25.2. The number of nitrogens with zero attached hydrogens (tertiary/aromatic N) is 4. The number of hydrogen-bond acceptors (Lipinski definition) is 7. The van der Waals surface area contributed by atoms with Crippen molar-refractivity contribution in [1.29, 1.82) is 5.26 Å². The molecule has 1 aromatic carbocycles. The number of hydrogen-bond donors (Lipinski definition) is 2. The Kier molecular flexibility index (Phi) is 6.72. The lowest BCUT2D eigenvalue weighted by molar-refractivity contribution is -0.142. The molecule has 0 radical (unpaired) electrons. The molecule has 13 heteroatoms. The zero-order valence-corrected chi connectivity index (χ0v) is 18.5. The first-order valence-corrected chi connectivity index (χ1v) is 10.5. The highest BCUT2D eigenvalue weighted by Gasteiger charge is 2.39. The van der Waals surface area contributed by atoms with Crippen LogP contribution >= 0.6 is 11.6 Å². The van der Waals surface area contributed by atoms with Crippen LogP contribution in [0.1, 0.15) is 29.2 Å². The van der Waals surface area contributed by atoms with Gasteiger partial charge in [-0.05, 0) is 36.2 Å². The Bertz CT molecular complexity index is 1360. The van der Waals surface area contributed by atoms with E-state index in [0.29, 0.717) is 5.56 Å². The molecular formula is C22H16ClF3N6O3. The van der Waals surface area contributed by atoms with Gasteiger partial charge in [-0.2, -0.15) is 18.4 Å². The fraction of sp³-hybridized carbons (Fsp3) is 0.227. The van der Waals surface area contributed by atoms with E-state index in [1.165, 1.54) is 12.1 Å². The normalized spacial score (nSPS) is 18.0. The third-order valence-electron chi connectivity index (χ3n) is 5.23. The van der Waals surface area contributed by atoms with Gasteiger partial charge in [-0.1, -0.05) is 17.7 Å². The fourth-order valence-electron chi connectivity index (χ4n) is 3.64. The van der Waals surface area contributed by atoms with Crippen molar-refractivity contribution in [2.24, 2.45) is 0 Å². The van der Waals surface area contributed by atoms with E-state index in [1.54, 1.807) is 24.5 Å². The second-order valence-corrected chi connectivity index (χ2v) is 8.11. The Labute approximate surface area is 201 Å². The molecule has 35 heavy (non-hydrogen) atoms. The van der Waals surface area contributed by atoms with E-state index >= 15 is 0 Å². The molecule has 3 heterocycles. The van der Waals surface area contributed by atoms with E-state index in [4.69, 9.17) is 21.6 Å². The monoisotopic (exact) mass is 504 g/mol. The minimum atomic E-state index is -4.98. The molecule has 4 rings (SSSR count). The number of halogens is 4. The number of benzene rings is 1. The first-order chi connectivity index (χ1) is 16.7. The van der Waals surface area contributed by atoms with Crippen LogP contribution in [-0.4, -0.2) is 26.5 Å². The van der Waals surface area contributed by atoms with Crippen molar-refractivity contribution in [1.82, 2.24) is 25.4 Å². The van der Waals surface area contributed by atoms with E-state index in [9.17, 15) is 22.8 Å². The number of pyridine rings is 1. The summed E-state index contributed by atoms with van der Waals surface area (Å²) in [5.41, 5.74) is 3.36. The van der Waals surface area contributed by atoms with Crippen LogP contribution in [0.15, 0.2) is 53.8 Å². The van der Waals surface area contributed by atoms with Crippen LogP contribution < -0.4 is 21.1 Å². The second-order valence-electron chi connectivity index (χ2n) is 7.67. The number of alkyl halides is 3. The van der Waals surface area contributed by atoms with Crippen molar-refractivity contribution in [3.63, 3.8) is 0 Å². The van der Waals surface area contributed by atoms with Crippen LogP contribution in [-0.2, 0) is 17.5 Å². The van der Waals surface area contributed by atoms with Crippen molar-refractivity contribution in [3.05, 3.63) is 81.3 Å². The molecular weight excluding hydrogens is 489 g/mol. The lowest BCUT2D eigenvalue weighted by Crippen LogP contribution is -2.54. The van der Waals surface area contributed by atoms with E-state index in [1.807, 2.05) is 6.07 Å². The molecule has 0 bridgehead atoms. The molecule has 180 valence electrons. The molecule has 9 nitrogen and oxygen atoms in total. The molecule has 0 spiro atoms. The van der Waals surface area contributed by atoms with Gasteiger partial charge in [0.2, 0.25) is 11.7 Å². The second kappa shape index (κ2) is 9.73. The van der Waals surface area contributed by atoms with Gasteiger partial charge in [0.25, 0.3) is 5.56 Å². The SMILES string of the molecule is N#Cc1cc(Cl)cc(Oc2c(C(F)(F)F)ncn(CC3CC(c4cccnc4)C(=O)NN3)c2=O)c1. The number of carbonyl (C=O) groups excluding carboxylic acids is 1. The summed E-state index contributed by atoms with van der Waals surface area (Å²) in [6.45, 7) is -0.115.